The minimum absolute atomic E-state index is 0.661. The molecule has 0 bridgehead atoms. The number of anilines is 1. The normalized spacial score (nSPS) is 10.9. The summed E-state index contributed by atoms with van der Waals surface area (Å²) in [5.74, 6) is 0. The van der Waals surface area contributed by atoms with Gasteiger partial charge in [0.2, 0.25) is 0 Å². The summed E-state index contributed by atoms with van der Waals surface area (Å²) in [7, 11) is 0. The van der Waals surface area contributed by atoms with Crippen molar-refractivity contribution >= 4 is 56.0 Å². The van der Waals surface area contributed by atoms with Crippen molar-refractivity contribution in [3.8, 4) is 0 Å². The number of benzene rings is 2. The lowest BCUT2D eigenvalue weighted by Gasteiger charge is -2.10. The van der Waals surface area contributed by atoms with Crippen LogP contribution in [-0.2, 0) is 6.54 Å². The monoisotopic (exact) mass is 367 g/mol. The molecule has 0 unspecified atom stereocenters. The van der Waals surface area contributed by atoms with Crippen molar-refractivity contribution in [1.82, 2.24) is 8.75 Å². The number of aryl methyl sites for hydroxylation is 1. The van der Waals surface area contributed by atoms with Crippen molar-refractivity contribution in [2.75, 3.05) is 5.32 Å². The topological polar surface area (TPSA) is 37.8 Å². The van der Waals surface area contributed by atoms with Gasteiger partial charge in [-0.05, 0) is 36.2 Å². The molecule has 1 heterocycles. The van der Waals surface area contributed by atoms with Gasteiger partial charge in [-0.15, -0.1) is 0 Å². The van der Waals surface area contributed by atoms with Gasteiger partial charge in [-0.3, -0.25) is 0 Å². The summed E-state index contributed by atoms with van der Waals surface area (Å²) in [6.07, 6.45) is 0. The van der Waals surface area contributed by atoms with Gasteiger partial charge in [-0.1, -0.05) is 39.7 Å². The van der Waals surface area contributed by atoms with Crippen LogP contribution in [-0.4, -0.2) is 8.75 Å². The first-order valence-corrected chi connectivity index (χ1v) is 7.95. The van der Waals surface area contributed by atoms with Crippen LogP contribution in [0.5, 0.6) is 0 Å². The molecule has 102 valence electrons. The lowest BCUT2D eigenvalue weighted by Crippen LogP contribution is -2.01. The first kappa shape index (κ1) is 13.8. The average molecular weight is 369 g/mol. The van der Waals surface area contributed by atoms with Crippen LogP contribution < -0.4 is 5.32 Å². The minimum Gasteiger partial charge on any atom is -0.378 e. The maximum Gasteiger partial charge on any atom is 0.129 e. The summed E-state index contributed by atoms with van der Waals surface area (Å²) in [5, 5.41) is 4.02. The molecule has 6 heteroatoms. The zero-order chi connectivity index (χ0) is 14.1. The van der Waals surface area contributed by atoms with Gasteiger partial charge < -0.3 is 5.32 Å². The first-order chi connectivity index (χ1) is 9.65. The fourth-order valence-corrected chi connectivity index (χ4v) is 3.37. The Hall–Kier alpha value is -1.17. The van der Waals surface area contributed by atoms with Gasteiger partial charge >= 0.3 is 0 Å². The highest BCUT2D eigenvalue weighted by Crippen LogP contribution is 2.31. The van der Waals surface area contributed by atoms with Gasteiger partial charge in [-0.2, -0.15) is 8.75 Å². The van der Waals surface area contributed by atoms with Gasteiger partial charge in [0.1, 0.15) is 11.0 Å². The summed E-state index contributed by atoms with van der Waals surface area (Å²) in [6, 6.07) is 10.0. The van der Waals surface area contributed by atoms with E-state index in [2.05, 4.69) is 55.1 Å². The number of halogens is 2. The minimum atomic E-state index is 0.661. The Bertz CT molecular complexity index is 772. The molecule has 2 aromatic carbocycles. The predicted octanol–water partition coefficient (Wildman–Crippen LogP) is 5.03. The summed E-state index contributed by atoms with van der Waals surface area (Å²) in [5.41, 5.74) is 4.93. The molecule has 0 aliphatic heterocycles. The van der Waals surface area contributed by atoms with Gasteiger partial charge in [0.15, 0.2) is 0 Å². The molecule has 0 amide bonds. The third-order valence-corrected chi connectivity index (χ3v) is 4.64. The lowest BCUT2D eigenvalue weighted by molar-refractivity contribution is 1.13. The van der Waals surface area contributed by atoms with Crippen LogP contribution >= 0.6 is 39.3 Å². The Morgan fingerprint density at radius 1 is 1.25 bits per heavy atom. The summed E-state index contributed by atoms with van der Waals surface area (Å²) in [6.45, 7) is 2.75. The SMILES string of the molecule is Cc1ccc(CNc2c(Cl)ccc3nsnc23)c(Br)c1. The van der Waals surface area contributed by atoms with Crippen molar-refractivity contribution in [1.29, 1.82) is 0 Å². The number of hydrogen-bond donors (Lipinski definition) is 1. The molecule has 0 spiro atoms. The van der Waals surface area contributed by atoms with E-state index in [1.807, 2.05) is 12.1 Å². The molecule has 0 aliphatic rings. The van der Waals surface area contributed by atoms with E-state index >= 15 is 0 Å². The molecule has 0 saturated carbocycles. The van der Waals surface area contributed by atoms with Gasteiger partial charge in [-0.25, -0.2) is 0 Å². The Morgan fingerprint density at radius 2 is 2.10 bits per heavy atom. The molecule has 0 atom stereocenters. The van der Waals surface area contributed by atoms with E-state index in [-0.39, 0.29) is 0 Å². The Morgan fingerprint density at radius 3 is 2.90 bits per heavy atom. The van der Waals surface area contributed by atoms with Gasteiger partial charge in [0.25, 0.3) is 0 Å². The van der Waals surface area contributed by atoms with E-state index in [0.717, 1.165) is 21.2 Å². The summed E-state index contributed by atoms with van der Waals surface area (Å²) < 4.78 is 9.62. The second-order valence-corrected chi connectivity index (χ2v) is 6.29. The maximum absolute atomic E-state index is 6.25. The third-order valence-electron chi connectivity index (χ3n) is 3.04. The van der Waals surface area contributed by atoms with Crippen molar-refractivity contribution in [2.45, 2.75) is 13.5 Å². The molecular formula is C14H11BrClN3S. The average Bonchev–Trinajstić information content (AvgIpc) is 2.88. The van der Waals surface area contributed by atoms with Gasteiger partial charge in [0.05, 0.1) is 22.4 Å². The van der Waals surface area contributed by atoms with E-state index in [0.29, 0.717) is 11.6 Å². The fourth-order valence-electron chi connectivity index (χ4n) is 1.97. The van der Waals surface area contributed by atoms with Crippen LogP contribution in [0.4, 0.5) is 5.69 Å². The van der Waals surface area contributed by atoms with E-state index in [9.17, 15) is 0 Å². The van der Waals surface area contributed by atoms with Crippen molar-refractivity contribution in [3.63, 3.8) is 0 Å². The second-order valence-electron chi connectivity index (χ2n) is 4.50. The first-order valence-electron chi connectivity index (χ1n) is 6.05. The van der Waals surface area contributed by atoms with E-state index in [4.69, 9.17) is 11.6 Å². The standard InChI is InChI=1S/C14H11BrClN3S/c1-8-2-3-9(10(15)6-8)7-17-13-11(16)4-5-12-14(13)19-20-18-12/h2-6,17H,7H2,1H3. The lowest BCUT2D eigenvalue weighted by atomic mass is 10.1. The predicted molar refractivity (Wildman–Crippen MR) is 88.6 cm³/mol. The van der Waals surface area contributed by atoms with Crippen LogP contribution in [0.2, 0.25) is 5.02 Å². The van der Waals surface area contributed by atoms with Crippen LogP contribution in [0, 0.1) is 6.92 Å². The highest BCUT2D eigenvalue weighted by atomic mass is 79.9. The molecular weight excluding hydrogens is 358 g/mol. The molecule has 3 nitrogen and oxygen atoms in total. The van der Waals surface area contributed by atoms with Crippen molar-refractivity contribution < 1.29 is 0 Å². The van der Waals surface area contributed by atoms with E-state index < -0.39 is 0 Å². The van der Waals surface area contributed by atoms with E-state index in [1.54, 1.807) is 0 Å². The molecule has 0 radical (unpaired) electrons. The highest BCUT2D eigenvalue weighted by molar-refractivity contribution is 9.10. The second kappa shape index (κ2) is 5.68. The molecule has 3 rings (SSSR count). The van der Waals surface area contributed by atoms with Gasteiger partial charge in [0, 0.05) is 11.0 Å². The Balaban J connectivity index is 1.90. The zero-order valence-corrected chi connectivity index (χ0v) is 13.8. The smallest absolute Gasteiger partial charge is 0.129 e. The van der Waals surface area contributed by atoms with Crippen LogP contribution in [0.25, 0.3) is 11.0 Å². The number of nitrogens with zero attached hydrogens (tertiary/aromatic N) is 2. The highest BCUT2D eigenvalue weighted by Gasteiger charge is 2.10. The summed E-state index contributed by atoms with van der Waals surface area (Å²) in [4.78, 5) is 0. The largest absolute Gasteiger partial charge is 0.378 e. The molecule has 1 N–H and O–H groups in total. The number of hydrogen-bond acceptors (Lipinski definition) is 4. The van der Waals surface area contributed by atoms with Crippen molar-refractivity contribution in [3.05, 3.63) is 51.0 Å². The van der Waals surface area contributed by atoms with Crippen LogP contribution in [0.3, 0.4) is 0 Å². The number of nitrogens with one attached hydrogen (secondary N) is 1. The summed E-state index contributed by atoms with van der Waals surface area (Å²) >= 11 is 11.0. The van der Waals surface area contributed by atoms with Crippen LogP contribution in [0.15, 0.2) is 34.8 Å². The maximum atomic E-state index is 6.25. The zero-order valence-electron chi connectivity index (χ0n) is 10.7. The third kappa shape index (κ3) is 2.66. The molecule has 0 saturated heterocycles. The quantitative estimate of drug-likeness (QED) is 0.704. The molecule has 0 fully saturated rings. The fraction of sp³-hybridized carbons (Fsp3) is 0.143. The Kier molecular flexibility index (Phi) is 3.92. The molecule has 20 heavy (non-hydrogen) atoms. The number of fused-ring (bicyclic) bond motifs is 1. The Labute approximate surface area is 134 Å². The molecule has 0 aliphatic carbocycles. The molecule has 3 aromatic rings. The molecule has 1 aromatic heterocycles. The van der Waals surface area contributed by atoms with Crippen molar-refractivity contribution in [2.24, 2.45) is 0 Å². The number of rotatable bonds is 3. The van der Waals surface area contributed by atoms with E-state index in [1.165, 1.54) is 22.9 Å². The van der Waals surface area contributed by atoms with Crippen LogP contribution in [0.1, 0.15) is 11.1 Å². The number of aromatic nitrogens is 2.